The van der Waals surface area contributed by atoms with Crippen LogP contribution in [-0.2, 0) is 17.9 Å². The predicted octanol–water partition coefficient (Wildman–Crippen LogP) is 5.52. The van der Waals surface area contributed by atoms with Crippen LogP contribution in [0.4, 0.5) is 0 Å². The van der Waals surface area contributed by atoms with E-state index in [1.807, 2.05) is 30.3 Å². The molecule has 0 heterocycles. The summed E-state index contributed by atoms with van der Waals surface area (Å²) in [4.78, 5) is 0. The molecule has 2 aromatic rings. The molecule has 0 radical (unpaired) electrons. The number of rotatable bonds is 12. The number of halogens is 1. The van der Waals surface area contributed by atoms with E-state index in [0.29, 0.717) is 6.61 Å². The van der Waals surface area contributed by atoms with E-state index in [1.54, 1.807) is 0 Å². The molecule has 4 heteroatoms. The molecular weight excluding hydrogens is 346 g/mol. The fourth-order valence-electron chi connectivity index (χ4n) is 2.63. The molecule has 2 rings (SSSR count). The molecule has 0 unspecified atom stereocenters. The second-order valence-electron chi connectivity index (χ2n) is 6.46. The van der Waals surface area contributed by atoms with Gasteiger partial charge in [-0.2, -0.15) is 0 Å². The Morgan fingerprint density at radius 1 is 1.00 bits per heavy atom. The van der Waals surface area contributed by atoms with Crippen LogP contribution in [0.15, 0.2) is 42.5 Å². The summed E-state index contributed by atoms with van der Waals surface area (Å²) in [6.45, 7) is 8.15. The third-order valence-corrected chi connectivity index (χ3v) is 4.50. The molecule has 0 aromatic heterocycles. The van der Waals surface area contributed by atoms with Crippen LogP contribution < -0.4 is 10.1 Å². The van der Waals surface area contributed by atoms with Gasteiger partial charge in [-0.1, -0.05) is 49.2 Å². The van der Waals surface area contributed by atoms with Crippen molar-refractivity contribution in [2.45, 2.75) is 46.3 Å². The van der Waals surface area contributed by atoms with Gasteiger partial charge in [0.05, 0.1) is 0 Å². The number of ether oxygens (including phenoxy) is 2. The summed E-state index contributed by atoms with van der Waals surface area (Å²) < 4.78 is 11.6. The molecule has 2 aromatic carbocycles. The Balaban J connectivity index is 1.80. The Morgan fingerprint density at radius 3 is 2.62 bits per heavy atom. The van der Waals surface area contributed by atoms with E-state index in [9.17, 15) is 0 Å². The zero-order chi connectivity index (χ0) is 18.6. The third kappa shape index (κ3) is 7.36. The van der Waals surface area contributed by atoms with Crippen LogP contribution in [0.2, 0.25) is 5.02 Å². The highest BCUT2D eigenvalue weighted by molar-refractivity contribution is 6.30. The van der Waals surface area contributed by atoms with Gasteiger partial charge in [0.25, 0.3) is 0 Å². The molecule has 0 aliphatic heterocycles. The van der Waals surface area contributed by atoms with Crippen molar-refractivity contribution in [2.24, 2.45) is 0 Å². The Labute approximate surface area is 162 Å². The fourth-order valence-corrected chi connectivity index (χ4v) is 2.82. The minimum absolute atomic E-state index is 0.562. The number of hydrogen-bond acceptors (Lipinski definition) is 3. The van der Waals surface area contributed by atoms with Gasteiger partial charge >= 0.3 is 0 Å². The number of benzene rings is 2. The quantitative estimate of drug-likeness (QED) is 0.495. The maximum Gasteiger partial charge on any atom is 0.124 e. The lowest BCUT2D eigenvalue weighted by Crippen LogP contribution is -2.17. The average molecular weight is 376 g/mol. The SMILES string of the molecule is CCCCOCCCNCc1cc(Cl)ccc1OCc1ccccc1C. The van der Waals surface area contributed by atoms with Gasteiger partial charge in [0, 0.05) is 30.3 Å². The van der Waals surface area contributed by atoms with Crippen molar-refractivity contribution in [3.05, 3.63) is 64.2 Å². The normalized spacial score (nSPS) is 10.9. The van der Waals surface area contributed by atoms with Crippen molar-refractivity contribution in [1.29, 1.82) is 0 Å². The van der Waals surface area contributed by atoms with Crippen LogP contribution in [0.5, 0.6) is 5.75 Å². The summed E-state index contributed by atoms with van der Waals surface area (Å²) in [5.74, 6) is 0.879. The largest absolute Gasteiger partial charge is 0.489 e. The maximum atomic E-state index is 6.17. The van der Waals surface area contributed by atoms with Crippen molar-refractivity contribution in [2.75, 3.05) is 19.8 Å². The fraction of sp³-hybridized carbons (Fsp3) is 0.455. The van der Waals surface area contributed by atoms with Crippen LogP contribution in [0.1, 0.15) is 42.9 Å². The minimum Gasteiger partial charge on any atom is -0.489 e. The molecule has 0 amide bonds. The molecule has 0 atom stereocenters. The molecule has 142 valence electrons. The highest BCUT2D eigenvalue weighted by atomic mass is 35.5. The van der Waals surface area contributed by atoms with E-state index < -0.39 is 0 Å². The zero-order valence-corrected chi connectivity index (χ0v) is 16.6. The van der Waals surface area contributed by atoms with E-state index in [2.05, 4.69) is 31.3 Å². The lowest BCUT2D eigenvalue weighted by molar-refractivity contribution is 0.128. The number of nitrogens with one attached hydrogen (secondary N) is 1. The topological polar surface area (TPSA) is 30.5 Å². The van der Waals surface area contributed by atoms with Gasteiger partial charge in [-0.05, 0) is 55.6 Å². The van der Waals surface area contributed by atoms with Gasteiger partial charge in [-0.3, -0.25) is 0 Å². The lowest BCUT2D eigenvalue weighted by atomic mass is 10.1. The minimum atomic E-state index is 0.562. The Bertz CT molecular complexity index is 660. The second kappa shape index (κ2) is 11.9. The van der Waals surface area contributed by atoms with E-state index in [0.717, 1.165) is 55.5 Å². The second-order valence-corrected chi connectivity index (χ2v) is 6.90. The van der Waals surface area contributed by atoms with Crippen LogP contribution in [0.3, 0.4) is 0 Å². The van der Waals surface area contributed by atoms with Crippen molar-refractivity contribution < 1.29 is 9.47 Å². The van der Waals surface area contributed by atoms with Crippen LogP contribution in [0.25, 0.3) is 0 Å². The summed E-state index contributed by atoms with van der Waals surface area (Å²) in [6, 6.07) is 14.1. The molecule has 0 saturated carbocycles. The Kier molecular flexibility index (Phi) is 9.54. The van der Waals surface area contributed by atoms with E-state index in [-0.39, 0.29) is 0 Å². The number of unbranched alkanes of at least 4 members (excludes halogenated alkanes) is 1. The highest BCUT2D eigenvalue weighted by Crippen LogP contribution is 2.24. The first kappa shape index (κ1) is 20.8. The van der Waals surface area contributed by atoms with Crippen molar-refractivity contribution in [3.8, 4) is 5.75 Å². The van der Waals surface area contributed by atoms with E-state index in [1.165, 1.54) is 17.5 Å². The molecule has 0 spiro atoms. The van der Waals surface area contributed by atoms with E-state index in [4.69, 9.17) is 21.1 Å². The zero-order valence-electron chi connectivity index (χ0n) is 15.9. The molecule has 0 aliphatic rings. The Hall–Kier alpha value is -1.55. The van der Waals surface area contributed by atoms with Gasteiger partial charge in [-0.15, -0.1) is 0 Å². The monoisotopic (exact) mass is 375 g/mol. The number of aryl methyl sites for hydroxylation is 1. The van der Waals surface area contributed by atoms with Crippen molar-refractivity contribution in [3.63, 3.8) is 0 Å². The van der Waals surface area contributed by atoms with Gasteiger partial charge in [-0.25, -0.2) is 0 Å². The molecule has 0 saturated heterocycles. The van der Waals surface area contributed by atoms with E-state index >= 15 is 0 Å². The summed E-state index contributed by atoms with van der Waals surface area (Å²) in [6.07, 6.45) is 3.32. The molecule has 0 bridgehead atoms. The summed E-state index contributed by atoms with van der Waals surface area (Å²) >= 11 is 6.17. The first-order valence-corrected chi connectivity index (χ1v) is 9.82. The molecule has 1 N–H and O–H groups in total. The standard InChI is InChI=1S/C22H30ClNO2/c1-3-4-13-25-14-7-12-24-16-20-15-21(23)10-11-22(20)26-17-19-9-6-5-8-18(19)2/h5-6,8-11,15,24H,3-4,7,12-14,16-17H2,1-2H3. The van der Waals surface area contributed by atoms with Crippen LogP contribution >= 0.6 is 11.6 Å². The lowest BCUT2D eigenvalue weighted by Gasteiger charge is -2.14. The predicted molar refractivity (Wildman–Crippen MR) is 109 cm³/mol. The van der Waals surface area contributed by atoms with Crippen LogP contribution in [0, 0.1) is 6.92 Å². The molecule has 0 fully saturated rings. The Morgan fingerprint density at radius 2 is 1.81 bits per heavy atom. The first-order chi connectivity index (χ1) is 12.7. The summed E-state index contributed by atoms with van der Waals surface area (Å²) in [5.41, 5.74) is 3.52. The number of hydrogen-bond donors (Lipinski definition) is 1. The maximum absolute atomic E-state index is 6.17. The smallest absolute Gasteiger partial charge is 0.124 e. The third-order valence-electron chi connectivity index (χ3n) is 4.27. The van der Waals surface area contributed by atoms with Crippen molar-refractivity contribution in [1.82, 2.24) is 5.32 Å². The van der Waals surface area contributed by atoms with Gasteiger partial charge < -0.3 is 14.8 Å². The highest BCUT2D eigenvalue weighted by Gasteiger charge is 2.06. The molecule has 3 nitrogen and oxygen atoms in total. The average Bonchev–Trinajstić information content (AvgIpc) is 2.64. The molecular formula is C22H30ClNO2. The van der Waals surface area contributed by atoms with Gasteiger partial charge in [0.1, 0.15) is 12.4 Å². The first-order valence-electron chi connectivity index (χ1n) is 9.45. The van der Waals surface area contributed by atoms with Crippen LogP contribution in [-0.4, -0.2) is 19.8 Å². The summed E-state index contributed by atoms with van der Waals surface area (Å²) in [5, 5.41) is 4.18. The molecule has 0 aliphatic carbocycles. The van der Waals surface area contributed by atoms with Crippen molar-refractivity contribution >= 4 is 11.6 Å². The summed E-state index contributed by atoms with van der Waals surface area (Å²) in [7, 11) is 0. The van der Waals surface area contributed by atoms with Gasteiger partial charge in [0.15, 0.2) is 0 Å². The molecule has 26 heavy (non-hydrogen) atoms. The van der Waals surface area contributed by atoms with Gasteiger partial charge in [0.2, 0.25) is 0 Å².